The summed E-state index contributed by atoms with van der Waals surface area (Å²) in [6.45, 7) is 3.67. The molecule has 1 saturated carbocycles. The number of hydrogen-bond donors (Lipinski definition) is 1. The van der Waals surface area contributed by atoms with Crippen LogP contribution in [0.1, 0.15) is 57.8 Å². The SMILES string of the molecule is COC(=O)CC1CCNC2C(CCCC2N2CCCC2)CC1. The maximum absolute atomic E-state index is 11.5. The molecule has 1 aliphatic carbocycles. The van der Waals surface area contributed by atoms with Gasteiger partial charge in [0.2, 0.25) is 0 Å². The van der Waals surface area contributed by atoms with Gasteiger partial charge in [-0.2, -0.15) is 0 Å². The van der Waals surface area contributed by atoms with Crippen LogP contribution in [0.3, 0.4) is 0 Å². The van der Waals surface area contributed by atoms with Gasteiger partial charge in [-0.3, -0.25) is 9.69 Å². The third kappa shape index (κ3) is 3.83. The summed E-state index contributed by atoms with van der Waals surface area (Å²) < 4.78 is 4.85. The highest BCUT2D eigenvalue weighted by atomic mass is 16.5. The molecule has 3 rings (SSSR count). The number of rotatable bonds is 3. The lowest BCUT2D eigenvalue weighted by Gasteiger charge is -2.45. The van der Waals surface area contributed by atoms with Crippen LogP contribution in [0.2, 0.25) is 0 Å². The average molecular weight is 308 g/mol. The van der Waals surface area contributed by atoms with E-state index < -0.39 is 0 Å². The van der Waals surface area contributed by atoms with Gasteiger partial charge in [0, 0.05) is 18.5 Å². The van der Waals surface area contributed by atoms with Gasteiger partial charge in [0.25, 0.3) is 0 Å². The van der Waals surface area contributed by atoms with E-state index in [1.165, 1.54) is 65.1 Å². The van der Waals surface area contributed by atoms with Crippen LogP contribution >= 0.6 is 0 Å². The number of fused-ring (bicyclic) bond motifs is 1. The Morgan fingerprint density at radius 1 is 1.09 bits per heavy atom. The van der Waals surface area contributed by atoms with Gasteiger partial charge in [-0.1, -0.05) is 6.42 Å². The molecule has 4 unspecified atom stereocenters. The fourth-order valence-corrected chi connectivity index (χ4v) is 4.94. The van der Waals surface area contributed by atoms with Crippen molar-refractivity contribution >= 4 is 5.97 Å². The normalized spacial score (nSPS) is 37.1. The first-order valence-corrected chi connectivity index (χ1v) is 9.32. The molecule has 2 heterocycles. The Morgan fingerprint density at radius 2 is 1.91 bits per heavy atom. The number of nitrogens with one attached hydrogen (secondary N) is 1. The summed E-state index contributed by atoms with van der Waals surface area (Å²) in [5.74, 6) is 1.27. The molecule has 0 spiro atoms. The number of likely N-dealkylation sites (tertiary alicyclic amines) is 1. The van der Waals surface area contributed by atoms with Crippen LogP contribution in [0.4, 0.5) is 0 Å². The minimum absolute atomic E-state index is 0.0410. The monoisotopic (exact) mass is 308 g/mol. The van der Waals surface area contributed by atoms with E-state index in [-0.39, 0.29) is 5.97 Å². The standard InChI is InChI=1S/C18H32N2O2/c1-22-17(21)13-14-7-8-15-5-4-6-16(18(15)19-10-9-14)20-11-2-3-12-20/h14-16,18-19H,2-13H2,1H3. The Kier molecular flexibility index (Phi) is 5.75. The highest BCUT2D eigenvalue weighted by molar-refractivity contribution is 5.69. The summed E-state index contributed by atoms with van der Waals surface area (Å²) in [6.07, 6.45) is 11.1. The molecule has 4 atom stereocenters. The summed E-state index contributed by atoms with van der Waals surface area (Å²) in [5.41, 5.74) is 0. The summed E-state index contributed by atoms with van der Waals surface area (Å²) in [5, 5.41) is 3.88. The van der Waals surface area contributed by atoms with Gasteiger partial charge < -0.3 is 10.1 Å². The minimum atomic E-state index is -0.0410. The fourth-order valence-electron chi connectivity index (χ4n) is 4.94. The van der Waals surface area contributed by atoms with Gasteiger partial charge in [0.15, 0.2) is 0 Å². The predicted octanol–water partition coefficient (Wildman–Crippen LogP) is 2.57. The third-order valence-corrected chi connectivity index (χ3v) is 6.17. The number of ether oxygens (including phenoxy) is 1. The number of carbonyl (C=O) groups is 1. The van der Waals surface area contributed by atoms with Crippen LogP contribution in [-0.4, -0.2) is 49.7 Å². The number of carbonyl (C=O) groups excluding carboxylic acids is 1. The Morgan fingerprint density at radius 3 is 2.68 bits per heavy atom. The van der Waals surface area contributed by atoms with Crippen molar-refractivity contribution in [1.29, 1.82) is 0 Å². The van der Waals surface area contributed by atoms with Crippen molar-refractivity contribution in [2.24, 2.45) is 11.8 Å². The van der Waals surface area contributed by atoms with Crippen molar-refractivity contribution in [3.05, 3.63) is 0 Å². The van der Waals surface area contributed by atoms with Crippen molar-refractivity contribution in [2.45, 2.75) is 69.9 Å². The van der Waals surface area contributed by atoms with E-state index in [1.807, 2.05) is 0 Å². The maximum atomic E-state index is 11.5. The first-order valence-electron chi connectivity index (χ1n) is 9.32. The average Bonchev–Trinajstić information content (AvgIpc) is 3.04. The molecule has 0 bridgehead atoms. The van der Waals surface area contributed by atoms with Gasteiger partial charge in [0.1, 0.15) is 0 Å². The molecule has 1 N–H and O–H groups in total. The first kappa shape index (κ1) is 16.3. The zero-order valence-electron chi connectivity index (χ0n) is 14.1. The Bertz CT molecular complexity index is 368. The molecular formula is C18H32N2O2. The predicted molar refractivity (Wildman–Crippen MR) is 87.7 cm³/mol. The molecule has 0 aromatic carbocycles. The largest absolute Gasteiger partial charge is 0.469 e. The molecule has 0 aromatic heterocycles. The molecule has 3 aliphatic rings. The van der Waals surface area contributed by atoms with E-state index in [0.29, 0.717) is 18.4 Å². The number of hydrogen-bond acceptors (Lipinski definition) is 4. The Balaban J connectivity index is 1.58. The van der Waals surface area contributed by atoms with Crippen molar-refractivity contribution in [2.75, 3.05) is 26.7 Å². The fraction of sp³-hybridized carbons (Fsp3) is 0.944. The summed E-state index contributed by atoms with van der Waals surface area (Å²) >= 11 is 0. The van der Waals surface area contributed by atoms with E-state index in [1.54, 1.807) is 0 Å². The molecule has 0 aromatic rings. The van der Waals surface area contributed by atoms with Crippen molar-refractivity contribution < 1.29 is 9.53 Å². The molecule has 2 aliphatic heterocycles. The van der Waals surface area contributed by atoms with Crippen LogP contribution < -0.4 is 5.32 Å². The number of methoxy groups -OCH3 is 1. The molecule has 2 saturated heterocycles. The zero-order chi connectivity index (χ0) is 15.4. The molecule has 0 radical (unpaired) electrons. The van der Waals surface area contributed by atoms with Crippen LogP contribution in [0.5, 0.6) is 0 Å². The van der Waals surface area contributed by atoms with Gasteiger partial charge >= 0.3 is 5.97 Å². The topological polar surface area (TPSA) is 41.6 Å². The lowest BCUT2D eigenvalue weighted by atomic mass is 9.75. The van der Waals surface area contributed by atoms with E-state index in [0.717, 1.165) is 24.9 Å². The van der Waals surface area contributed by atoms with Crippen molar-refractivity contribution in [3.8, 4) is 0 Å². The molecule has 4 nitrogen and oxygen atoms in total. The zero-order valence-corrected chi connectivity index (χ0v) is 14.1. The maximum Gasteiger partial charge on any atom is 0.305 e. The highest BCUT2D eigenvalue weighted by Gasteiger charge is 2.38. The number of esters is 1. The van der Waals surface area contributed by atoms with Gasteiger partial charge in [-0.15, -0.1) is 0 Å². The van der Waals surface area contributed by atoms with Crippen molar-refractivity contribution in [1.82, 2.24) is 10.2 Å². The summed E-state index contributed by atoms with van der Waals surface area (Å²) in [6, 6.07) is 1.45. The first-order chi connectivity index (χ1) is 10.8. The van der Waals surface area contributed by atoms with Gasteiger partial charge in [-0.25, -0.2) is 0 Å². The van der Waals surface area contributed by atoms with Gasteiger partial charge in [-0.05, 0) is 76.4 Å². The quantitative estimate of drug-likeness (QED) is 0.814. The third-order valence-electron chi connectivity index (χ3n) is 6.17. The van der Waals surface area contributed by atoms with Gasteiger partial charge in [0.05, 0.1) is 7.11 Å². The summed E-state index contributed by atoms with van der Waals surface area (Å²) in [7, 11) is 1.50. The van der Waals surface area contributed by atoms with Crippen LogP contribution in [0.25, 0.3) is 0 Å². The summed E-state index contributed by atoms with van der Waals surface area (Å²) in [4.78, 5) is 14.3. The second-order valence-corrected chi connectivity index (χ2v) is 7.49. The number of nitrogens with zero attached hydrogens (tertiary/aromatic N) is 1. The van der Waals surface area contributed by atoms with E-state index >= 15 is 0 Å². The molecule has 4 heteroatoms. The molecule has 3 fully saturated rings. The van der Waals surface area contributed by atoms with E-state index in [4.69, 9.17) is 4.74 Å². The lowest BCUT2D eigenvalue weighted by molar-refractivity contribution is -0.141. The second-order valence-electron chi connectivity index (χ2n) is 7.49. The Hall–Kier alpha value is -0.610. The highest BCUT2D eigenvalue weighted by Crippen LogP contribution is 2.35. The molecule has 0 amide bonds. The Labute approximate surface area is 135 Å². The lowest BCUT2D eigenvalue weighted by Crippen LogP contribution is -2.55. The van der Waals surface area contributed by atoms with E-state index in [9.17, 15) is 4.79 Å². The minimum Gasteiger partial charge on any atom is -0.469 e. The molecular weight excluding hydrogens is 276 g/mol. The van der Waals surface area contributed by atoms with Crippen molar-refractivity contribution in [3.63, 3.8) is 0 Å². The smallest absolute Gasteiger partial charge is 0.305 e. The van der Waals surface area contributed by atoms with E-state index in [2.05, 4.69) is 10.2 Å². The van der Waals surface area contributed by atoms with Crippen LogP contribution in [0.15, 0.2) is 0 Å². The second kappa shape index (κ2) is 7.78. The van der Waals surface area contributed by atoms with Crippen LogP contribution in [0, 0.1) is 11.8 Å². The molecule has 126 valence electrons. The van der Waals surface area contributed by atoms with Crippen LogP contribution in [-0.2, 0) is 9.53 Å². The molecule has 22 heavy (non-hydrogen) atoms.